The second-order valence-electron chi connectivity index (χ2n) is 2.52. The Morgan fingerprint density at radius 2 is 1.92 bits per heavy atom. The fourth-order valence-electron chi connectivity index (χ4n) is 0.693. The van der Waals surface area contributed by atoms with Gasteiger partial charge >= 0.3 is 0 Å². The minimum absolute atomic E-state index is 1.36. The third-order valence-electron chi connectivity index (χ3n) is 1.33. The van der Waals surface area contributed by atoms with Gasteiger partial charge in [0.2, 0.25) is 0 Å². The maximum absolute atomic E-state index is 2.12. The van der Waals surface area contributed by atoms with E-state index in [1.54, 1.807) is 22.7 Å². The largest absolute Gasteiger partial charge is 0.152 e. The molecule has 0 nitrogen and oxygen atoms in total. The molecule has 2 aromatic rings. The summed E-state index contributed by atoms with van der Waals surface area (Å²) in [5.41, 5.74) is 1.36. The Kier molecular flexibility index (Phi) is 4.05. The van der Waals surface area contributed by atoms with Gasteiger partial charge in [0.25, 0.3) is 0 Å². The van der Waals surface area contributed by atoms with Gasteiger partial charge in [0.05, 0.1) is 0 Å². The normalized spacial score (nSPS) is 8.83. The van der Waals surface area contributed by atoms with Crippen LogP contribution in [0.3, 0.4) is 0 Å². The van der Waals surface area contributed by atoms with Crippen LogP contribution in [-0.4, -0.2) is 0 Å². The maximum atomic E-state index is 2.12. The average molecular weight is 196 g/mol. The Labute approximate surface area is 81.5 Å². The van der Waals surface area contributed by atoms with Crippen LogP contribution in [-0.2, 0) is 0 Å². The highest BCUT2D eigenvalue weighted by Gasteiger charge is 1.75. The maximum Gasteiger partial charge on any atom is 0.00141 e. The van der Waals surface area contributed by atoms with Gasteiger partial charge in [-0.15, -0.1) is 11.3 Å². The highest BCUT2D eigenvalue weighted by atomic mass is 32.1. The van der Waals surface area contributed by atoms with Gasteiger partial charge in [-0.1, -0.05) is 6.07 Å². The number of hydrogen-bond acceptors (Lipinski definition) is 2. The molecule has 0 N–H and O–H groups in total. The van der Waals surface area contributed by atoms with E-state index in [2.05, 4.69) is 48.2 Å². The van der Waals surface area contributed by atoms with Crippen molar-refractivity contribution in [3.63, 3.8) is 0 Å². The first-order chi connectivity index (χ1) is 5.79. The number of thiophene rings is 2. The Morgan fingerprint density at radius 1 is 1.08 bits per heavy atom. The van der Waals surface area contributed by atoms with Gasteiger partial charge in [-0.3, -0.25) is 0 Å². The van der Waals surface area contributed by atoms with Crippen LogP contribution in [0.25, 0.3) is 0 Å². The average Bonchev–Trinajstić information content (AvgIpc) is 2.63. The van der Waals surface area contributed by atoms with Crippen molar-refractivity contribution in [2.75, 3.05) is 0 Å². The monoisotopic (exact) mass is 196 g/mol. The molecule has 0 aliphatic carbocycles. The zero-order valence-corrected chi connectivity index (χ0v) is 8.91. The summed E-state index contributed by atoms with van der Waals surface area (Å²) < 4.78 is 0. The number of rotatable bonds is 0. The van der Waals surface area contributed by atoms with E-state index < -0.39 is 0 Å². The molecule has 0 saturated heterocycles. The summed E-state index contributed by atoms with van der Waals surface area (Å²) in [7, 11) is 0. The summed E-state index contributed by atoms with van der Waals surface area (Å²) in [5.74, 6) is 0. The fraction of sp³-hybridized carbons (Fsp3) is 0.200. The van der Waals surface area contributed by atoms with Crippen LogP contribution < -0.4 is 0 Å². The molecule has 2 heterocycles. The lowest BCUT2D eigenvalue weighted by molar-refractivity contribution is 1.56. The molecule has 64 valence electrons. The summed E-state index contributed by atoms with van der Waals surface area (Å²) in [6.07, 6.45) is 0. The zero-order chi connectivity index (χ0) is 8.81. The van der Waals surface area contributed by atoms with E-state index in [1.165, 1.54) is 10.4 Å². The fourth-order valence-corrected chi connectivity index (χ4v) is 1.89. The second kappa shape index (κ2) is 5.12. The van der Waals surface area contributed by atoms with Crippen molar-refractivity contribution in [1.82, 2.24) is 0 Å². The molecule has 0 radical (unpaired) electrons. The quantitative estimate of drug-likeness (QED) is 0.595. The lowest BCUT2D eigenvalue weighted by Crippen LogP contribution is -1.47. The first kappa shape index (κ1) is 9.49. The molecular weight excluding hydrogens is 184 g/mol. The molecule has 12 heavy (non-hydrogen) atoms. The summed E-state index contributed by atoms with van der Waals surface area (Å²) in [6.45, 7) is 4.20. The van der Waals surface area contributed by atoms with E-state index in [-0.39, 0.29) is 0 Å². The molecule has 0 aromatic carbocycles. The SMILES string of the molecule is Cc1cccs1.Cc1ccsc1. The third kappa shape index (κ3) is 3.69. The third-order valence-corrected chi connectivity index (χ3v) is 2.93. The van der Waals surface area contributed by atoms with Gasteiger partial charge in [-0.05, 0) is 47.7 Å². The van der Waals surface area contributed by atoms with E-state index >= 15 is 0 Å². The molecule has 0 saturated carbocycles. The lowest BCUT2D eigenvalue weighted by atomic mass is 10.4. The smallest absolute Gasteiger partial charge is 0.00141 e. The first-order valence-electron chi connectivity index (χ1n) is 3.78. The van der Waals surface area contributed by atoms with Gasteiger partial charge in [-0.25, -0.2) is 0 Å². The van der Waals surface area contributed by atoms with Crippen LogP contribution in [0.15, 0.2) is 34.3 Å². The van der Waals surface area contributed by atoms with Crippen LogP contribution in [0.5, 0.6) is 0 Å². The molecule has 0 fully saturated rings. The molecule has 0 spiro atoms. The topological polar surface area (TPSA) is 0 Å². The van der Waals surface area contributed by atoms with Crippen LogP contribution in [0.4, 0.5) is 0 Å². The molecular formula is C10H12S2. The molecule has 2 aromatic heterocycles. The van der Waals surface area contributed by atoms with Gasteiger partial charge in [-0.2, -0.15) is 11.3 Å². The molecule has 0 atom stereocenters. The Balaban J connectivity index is 0.000000120. The van der Waals surface area contributed by atoms with Crippen molar-refractivity contribution in [1.29, 1.82) is 0 Å². The zero-order valence-electron chi connectivity index (χ0n) is 7.28. The number of aryl methyl sites for hydroxylation is 2. The van der Waals surface area contributed by atoms with Crippen LogP contribution in [0, 0.1) is 13.8 Å². The summed E-state index contributed by atoms with van der Waals surface area (Å²) in [5, 5.41) is 6.28. The number of hydrogen-bond donors (Lipinski definition) is 0. The van der Waals surface area contributed by atoms with Crippen LogP contribution in [0.1, 0.15) is 10.4 Å². The minimum atomic E-state index is 1.36. The summed E-state index contributed by atoms with van der Waals surface area (Å²) in [6, 6.07) is 6.26. The van der Waals surface area contributed by atoms with Crippen LogP contribution in [0.2, 0.25) is 0 Å². The minimum Gasteiger partial charge on any atom is -0.152 e. The first-order valence-corrected chi connectivity index (χ1v) is 5.60. The van der Waals surface area contributed by atoms with Crippen molar-refractivity contribution in [2.24, 2.45) is 0 Å². The van der Waals surface area contributed by atoms with Crippen molar-refractivity contribution in [2.45, 2.75) is 13.8 Å². The van der Waals surface area contributed by atoms with E-state index in [9.17, 15) is 0 Å². The van der Waals surface area contributed by atoms with Crippen LogP contribution >= 0.6 is 22.7 Å². The molecule has 0 amide bonds. The van der Waals surface area contributed by atoms with Crippen molar-refractivity contribution < 1.29 is 0 Å². The van der Waals surface area contributed by atoms with E-state index in [1.807, 2.05) is 0 Å². The van der Waals surface area contributed by atoms with E-state index in [0.29, 0.717) is 0 Å². The molecule has 2 heteroatoms. The van der Waals surface area contributed by atoms with E-state index in [4.69, 9.17) is 0 Å². The van der Waals surface area contributed by atoms with Crippen molar-refractivity contribution in [3.8, 4) is 0 Å². The standard InChI is InChI=1S/2C5H6S/c1-5-2-3-6-4-5;1-5-3-2-4-6-5/h2*2-4H,1H3. The highest BCUT2D eigenvalue weighted by Crippen LogP contribution is 2.03. The molecule has 2 rings (SSSR count). The molecule has 0 aliphatic heterocycles. The van der Waals surface area contributed by atoms with Crippen molar-refractivity contribution in [3.05, 3.63) is 44.8 Å². The second-order valence-corrected chi connectivity index (χ2v) is 4.46. The summed E-state index contributed by atoms with van der Waals surface area (Å²) >= 11 is 3.52. The molecule has 0 unspecified atom stereocenters. The van der Waals surface area contributed by atoms with Gasteiger partial charge in [0.15, 0.2) is 0 Å². The highest BCUT2D eigenvalue weighted by molar-refractivity contribution is 7.09. The van der Waals surface area contributed by atoms with Gasteiger partial charge < -0.3 is 0 Å². The molecule has 0 aliphatic rings. The van der Waals surface area contributed by atoms with Gasteiger partial charge in [0, 0.05) is 4.88 Å². The lowest BCUT2D eigenvalue weighted by Gasteiger charge is -1.65. The van der Waals surface area contributed by atoms with Crippen molar-refractivity contribution >= 4 is 22.7 Å². The van der Waals surface area contributed by atoms with Gasteiger partial charge in [0.1, 0.15) is 0 Å². The predicted octanol–water partition coefficient (Wildman–Crippen LogP) is 4.11. The Morgan fingerprint density at radius 3 is 2.08 bits per heavy atom. The summed E-state index contributed by atoms with van der Waals surface area (Å²) in [4.78, 5) is 1.38. The van der Waals surface area contributed by atoms with E-state index in [0.717, 1.165) is 0 Å². The Bertz CT molecular complexity index is 247. The Hall–Kier alpha value is -0.600. The molecule has 0 bridgehead atoms. The predicted molar refractivity (Wildman–Crippen MR) is 58.1 cm³/mol.